The quantitative estimate of drug-likeness (QED) is 0.799. The number of rotatable bonds is 6. The highest BCUT2D eigenvalue weighted by atomic mass is 35.5. The molecule has 2 aromatic rings. The summed E-state index contributed by atoms with van der Waals surface area (Å²) in [6.45, 7) is 5.54. The van der Waals surface area contributed by atoms with Crippen molar-refractivity contribution in [1.29, 1.82) is 0 Å². The van der Waals surface area contributed by atoms with Crippen LogP contribution in [0.25, 0.3) is 0 Å². The molecule has 0 bridgehead atoms. The van der Waals surface area contributed by atoms with E-state index < -0.39 is 0 Å². The van der Waals surface area contributed by atoms with Gasteiger partial charge in [0.25, 0.3) is 0 Å². The molecule has 2 nitrogen and oxygen atoms in total. The Morgan fingerprint density at radius 1 is 1.00 bits per heavy atom. The average molecular weight is 324 g/mol. The van der Waals surface area contributed by atoms with Crippen molar-refractivity contribution in [2.24, 2.45) is 0 Å². The number of ether oxygens (including phenoxy) is 1. The van der Waals surface area contributed by atoms with Crippen molar-refractivity contribution < 1.29 is 4.74 Å². The third-order valence-corrected chi connectivity index (χ3v) is 3.57. The summed E-state index contributed by atoms with van der Waals surface area (Å²) in [6.07, 6.45) is 0. The predicted octanol–water partition coefficient (Wildman–Crippen LogP) is 5.09. The molecule has 0 amide bonds. The fourth-order valence-corrected chi connectivity index (χ4v) is 2.87. The molecule has 112 valence electrons. The zero-order valence-electron chi connectivity index (χ0n) is 12.2. The summed E-state index contributed by atoms with van der Waals surface area (Å²) in [6, 6.07) is 13.7. The Morgan fingerprint density at radius 2 is 1.71 bits per heavy atom. The summed E-state index contributed by atoms with van der Waals surface area (Å²) in [5.74, 6) is 0.867. The summed E-state index contributed by atoms with van der Waals surface area (Å²) in [7, 11) is 0. The second-order valence-electron chi connectivity index (χ2n) is 4.70. The predicted molar refractivity (Wildman–Crippen MR) is 89.6 cm³/mol. The molecule has 0 aliphatic heterocycles. The van der Waals surface area contributed by atoms with E-state index in [9.17, 15) is 0 Å². The van der Waals surface area contributed by atoms with Gasteiger partial charge in [-0.2, -0.15) is 0 Å². The third-order valence-electron chi connectivity index (χ3n) is 3.13. The van der Waals surface area contributed by atoms with Crippen molar-refractivity contribution in [3.05, 3.63) is 63.6 Å². The van der Waals surface area contributed by atoms with Crippen LogP contribution < -0.4 is 10.1 Å². The van der Waals surface area contributed by atoms with Crippen molar-refractivity contribution in [3.63, 3.8) is 0 Å². The average Bonchev–Trinajstić information content (AvgIpc) is 2.44. The number of benzene rings is 2. The van der Waals surface area contributed by atoms with Crippen molar-refractivity contribution in [3.8, 4) is 5.75 Å². The van der Waals surface area contributed by atoms with Crippen LogP contribution in [0.15, 0.2) is 42.5 Å². The number of hydrogen-bond donors (Lipinski definition) is 1. The van der Waals surface area contributed by atoms with E-state index in [1.54, 1.807) is 6.07 Å². The Hall–Kier alpha value is -1.22. The van der Waals surface area contributed by atoms with E-state index in [1.165, 1.54) is 0 Å². The van der Waals surface area contributed by atoms with Gasteiger partial charge < -0.3 is 10.1 Å². The van der Waals surface area contributed by atoms with E-state index in [0.717, 1.165) is 23.4 Å². The molecular formula is C17H19Cl2NO. The lowest BCUT2D eigenvalue weighted by Gasteiger charge is -2.20. The Balaban J connectivity index is 2.40. The van der Waals surface area contributed by atoms with Crippen molar-refractivity contribution >= 4 is 23.2 Å². The van der Waals surface area contributed by atoms with Gasteiger partial charge in [-0.1, -0.05) is 42.3 Å². The number of nitrogens with one attached hydrogen (secondary N) is 1. The van der Waals surface area contributed by atoms with Crippen LogP contribution in [0.3, 0.4) is 0 Å². The van der Waals surface area contributed by atoms with Crippen LogP contribution in [0.1, 0.15) is 31.0 Å². The first-order valence-corrected chi connectivity index (χ1v) is 7.81. The number of halogens is 2. The Bertz CT molecular complexity index is 581. The van der Waals surface area contributed by atoms with E-state index >= 15 is 0 Å². The lowest BCUT2D eigenvalue weighted by molar-refractivity contribution is 0.339. The first-order valence-electron chi connectivity index (χ1n) is 7.06. The van der Waals surface area contributed by atoms with E-state index in [-0.39, 0.29) is 6.04 Å². The molecule has 0 aromatic heterocycles. The van der Waals surface area contributed by atoms with Crippen LogP contribution in [0.4, 0.5) is 0 Å². The van der Waals surface area contributed by atoms with Gasteiger partial charge in [-0.05, 0) is 54.9 Å². The second kappa shape index (κ2) is 7.69. The van der Waals surface area contributed by atoms with Crippen LogP contribution in [0.2, 0.25) is 10.0 Å². The van der Waals surface area contributed by atoms with Gasteiger partial charge in [0.2, 0.25) is 0 Å². The molecule has 4 heteroatoms. The highest BCUT2D eigenvalue weighted by molar-refractivity contribution is 6.34. The molecule has 0 saturated heterocycles. The topological polar surface area (TPSA) is 21.3 Å². The van der Waals surface area contributed by atoms with Gasteiger partial charge >= 0.3 is 0 Å². The molecule has 0 saturated carbocycles. The van der Waals surface area contributed by atoms with E-state index in [4.69, 9.17) is 27.9 Å². The Labute approximate surface area is 136 Å². The monoisotopic (exact) mass is 323 g/mol. The largest absolute Gasteiger partial charge is 0.494 e. The summed E-state index contributed by atoms with van der Waals surface area (Å²) in [5.41, 5.74) is 2.17. The minimum absolute atomic E-state index is 0.0339. The molecule has 0 fully saturated rings. The zero-order chi connectivity index (χ0) is 15.2. The lowest BCUT2D eigenvalue weighted by atomic mass is 9.98. The summed E-state index contributed by atoms with van der Waals surface area (Å²) >= 11 is 12.3. The van der Waals surface area contributed by atoms with Gasteiger partial charge in [0.1, 0.15) is 5.75 Å². The van der Waals surface area contributed by atoms with Gasteiger partial charge in [0.15, 0.2) is 0 Å². The zero-order valence-corrected chi connectivity index (χ0v) is 13.7. The molecule has 0 radical (unpaired) electrons. The second-order valence-corrected chi connectivity index (χ2v) is 5.57. The van der Waals surface area contributed by atoms with Crippen molar-refractivity contribution in [1.82, 2.24) is 5.32 Å². The molecule has 1 unspecified atom stereocenters. The molecule has 0 heterocycles. The summed E-state index contributed by atoms with van der Waals surface area (Å²) in [4.78, 5) is 0. The SMILES string of the molecule is CCNC(c1cc(Cl)cc(Cl)c1)c1cccc(OCC)c1. The van der Waals surface area contributed by atoms with E-state index in [1.807, 2.05) is 37.3 Å². The molecule has 2 rings (SSSR count). The minimum atomic E-state index is 0.0339. The van der Waals surface area contributed by atoms with Gasteiger partial charge in [0.05, 0.1) is 12.6 Å². The highest BCUT2D eigenvalue weighted by Gasteiger charge is 2.15. The maximum atomic E-state index is 6.13. The maximum absolute atomic E-state index is 6.13. The first kappa shape index (κ1) is 16.2. The van der Waals surface area contributed by atoms with Gasteiger partial charge in [0, 0.05) is 10.0 Å². The molecule has 0 spiro atoms. The van der Waals surface area contributed by atoms with Crippen LogP contribution in [0, 0.1) is 0 Å². The standard InChI is InChI=1S/C17H19Cl2NO/c1-3-20-17(13-8-14(18)11-15(19)9-13)12-6-5-7-16(10-12)21-4-2/h5-11,17,20H,3-4H2,1-2H3. The molecular weight excluding hydrogens is 305 g/mol. The Morgan fingerprint density at radius 3 is 2.33 bits per heavy atom. The summed E-state index contributed by atoms with van der Waals surface area (Å²) < 4.78 is 5.58. The third kappa shape index (κ3) is 4.37. The van der Waals surface area contributed by atoms with Gasteiger partial charge in [-0.15, -0.1) is 0 Å². The van der Waals surface area contributed by atoms with Gasteiger partial charge in [-0.25, -0.2) is 0 Å². The maximum Gasteiger partial charge on any atom is 0.119 e. The van der Waals surface area contributed by atoms with Crippen LogP contribution in [-0.4, -0.2) is 13.2 Å². The van der Waals surface area contributed by atoms with Crippen LogP contribution in [0.5, 0.6) is 5.75 Å². The fraction of sp³-hybridized carbons (Fsp3) is 0.294. The van der Waals surface area contributed by atoms with Crippen LogP contribution in [-0.2, 0) is 0 Å². The molecule has 0 aliphatic rings. The van der Waals surface area contributed by atoms with E-state index in [2.05, 4.69) is 18.3 Å². The molecule has 2 aromatic carbocycles. The van der Waals surface area contributed by atoms with Gasteiger partial charge in [-0.3, -0.25) is 0 Å². The number of hydrogen-bond acceptors (Lipinski definition) is 2. The van der Waals surface area contributed by atoms with Crippen LogP contribution >= 0.6 is 23.2 Å². The van der Waals surface area contributed by atoms with E-state index in [0.29, 0.717) is 16.7 Å². The summed E-state index contributed by atoms with van der Waals surface area (Å²) in [5, 5.41) is 4.75. The molecule has 0 aliphatic carbocycles. The highest BCUT2D eigenvalue weighted by Crippen LogP contribution is 2.29. The smallest absolute Gasteiger partial charge is 0.119 e. The molecule has 1 N–H and O–H groups in total. The Kier molecular flexibility index (Phi) is 5.92. The first-order chi connectivity index (χ1) is 10.1. The molecule has 1 atom stereocenters. The van der Waals surface area contributed by atoms with Crippen molar-refractivity contribution in [2.75, 3.05) is 13.2 Å². The molecule has 21 heavy (non-hydrogen) atoms. The normalized spacial score (nSPS) is 12.2. The lowest BCUT2D eigenvalue weighted by Crippen LogP contribution is -2.22. The van der Waals surface area contributed by atoms with Crippen molar-refractivity contribution in [2.45, 2.75) is 19.9 Å². The fourth-order valence-electron chi connectivity index (χ4n) is 2.32. The minimum Gasteiger partial charge on any atom is -0.494 e.